The number of carbonyl (C=O) groups is 1. The number of carbonyl (C=O) groups excluding carboxylic acids is 1. The summed E-state index contributed by atoms with van der Waals surface area (Å²) in [5, 5.41) is 7.78. The number of primary amides is 1. The molecule has 1 fully saturated rings. The van der Waals surface area contributed by atoms with Gasteiger partial charge >= 0.3 is 0 Å². The molecule has 2 radical (unpaired) electrons. The van der Waals surface area contributed by atoms with E-state index in [0.29, 0.717) is 23.3 Å². The molecule has 0 bridgehead atoms. The molecule has 1 amide bonds. The Hall–Kier alpha value is -2.67. The lowest BCUT2D eigenvalue weighted by atomic mass is 9.60. The van der Waals surface area contributed by atoms with Crippen LogP contribution in [0, 0.1) is 5.82 Å². The summed E-state index contributed by atoms with van der Waals surface area (Å²) in [6.07, 6.45) is 3.45. The highest BCUT2D eigenvalue weighted by molar-refractivity contribution is 6.16. The Morgan fingerprint density at radius 3 is 2.88 bits per heavy atom. The van der Waals surface area contributed by atoms with Gasteiger partial charge in [0.1, 0.15) is 17.0 Å². The highest BCUT2D eigenvalue weighted by Gasteiger charge is 2.29. The fourth-order valence-electron chi connectivity index (χ4n) is 3.55. The van der Waals surface area contributed by atoms with Gasteiger partial charge in [-0.1, -0.05) is 18.2 Å². The normalized spacial score (nSPS) is 20.3. The van der Waals surface area contributed by atoms with E-state index in [0.717, 1.165) is 30.3 Å². The minimum Gasteiger partial charge on any atom is -0.366 e. The van der Waals surface area contributed by atoms with Crippen LogP contribution in [0.3, 0.4) is 0 Å². The van der Waals surface area contributed by atoms with Gasteiger partial charge in [0, 0.05) is 11.6 Å². The minimum atomic E-state index is -0.564. The van der Waals surface area contributed by atoms with Gasteiger partial charge < -0.3 is 11.1 Å². The largest absolute Gasteiger partial charge is 0.366 e. The van der Waals surface area contributed by atoms with Crippen LogP contribution >= 0.6 is 0 Å². The third-order valence-corrected chi connectivity index (χ3v) is 4.99. The first-order valence-electron chi connectivity index (χ1n) is 8.56. The molecule has 3 N–H and O–H groups in total. The Kier molecular flexibility index (Phi) is 4.03. The van der Waals surface area contributed by atoms with E-state index in [1.54, 1.807) is 30.5 Å². The fourth-order valence-corrected chi connectivity index (χ4v) is 3.55. The molecule has 0 unspecified atom stereocenters. The lowest BCUT2D eigenvalue weighted by Gasteiger charge is -2.35. The van der Waals surface area contributed by atoms with Gasteiger partial charge in [0.2, 0.25) is 0 Å². The Labute approximate surface area is 151 Å². The monoisotopic (exact) mass is 348 g/mol. The average Bonchev–Trinajstić information content (AvgIpc) is 3.05. The number of rotatable bonds is 3. The first-order valence-corrected chi connectivity index (χ1v) is 8.56. The maximum absolute atomic E-state index is 14.8. The summed E-state index contributed by atoms with van der Waals surface area (Å²) in [5.74, 6) is -0.974. The number of nitrogens with two attached hydrogens (primary N) is 1. The highest BCUT2D eigenvalue weighted by Crippen LogP contribution is 2.30. The molecular weight excluding hydrogens is 330 g/mol. The molecule has 0 spiro atoms. The first kappa shape index (κ1) is 16.8. The predicted octanol–water partition coefficient (Wildman–Crippen LogP) is 2.01. The molecule has 1 aliphatic heterocycles. The second kappa shape index (κ2) is 6.25. The Morgan fingerprint density at radius 2 is 2.19 bits per heavy atom. The molecule has 2 heterocycles. The van der Waals surface area contributed by atoms with Crippen LogP contribution < -0.4 is 11.1 Å². The summed E-state index contributed by atoms with van der Waals surface area (Å²) >= 11 is 0. The van der Waals surface area contributed by atoms with E-state index < -0.39 is 17.0 Å². The molecule has 2 aromatic carbocycles. The van der Waals surface area contributed by atoms with E-state index in [1.807, 2.05) is 6.07 Å². The number of nitrogens with one attached hydrogen (secondary N) is 1. The number of benzene rings is 2. The van der Waals surface area contributed by atoms with E-state index in [9.17, 15) is 9.18 Å². The molecule has 4 rings (SSSR count). The second-order valence-corrected chi connectivity index (χ2v) is 6.78. The molecule has 1 aromatic heterocycles. The fraction of sp³-hybridized carbons (Fsp3) is 0.263. The molecule has 0 aliphatic carbocycles. The zero-order chi connectivity index (χ0) is 18.3. The quantitative estimate of drug-likeness (QED) is 0.712. The SMILES string of the molecule is [B][C@@]1(c2ccc(-n3cc4cccc(C(N)=O)c4n3)c(F)c2)CCCNC1. The van der Waals surface area contributed by atoms with Crippen molar-refractivity contribution in [2.24, 2.45) is 5.73 Å². The number of hydrogen-bond acceptors (Lipinski definition) is 3. The van der Waals surface area contributed by atoms with Gasteiger partial charge in [-0.15, -0.1) is 0 Å². The highest BCUT2D eigenvalue weighted by atomic mass is 19.1. The van der Waals surface area contributed by atoms with Crippen molar-refractivity contribution in [3.05, 3.63) is 59.5 Å². The molecule has 1 atom stereocenters. The van der Waals surface area contributed by atoms with E-state index in [4.69, 9.17) is 13.6 Å². The van der Waals surface area contributed by atoms with E-state index >= 15 is 0 Å². The molecule has 26 heavy (non-hydrogen) atoms. The van der Waals surface area contributed by atoms with Gasteiger partial charge in [0.05, 0.1) is 13.4 Å². The summed E-state index contributed by atoms with van der Waals surface area (Å²) in [4.78, 5) is 11.6. The van der Waals surface area contributed by atoms with Crippen molar-refractivity contribution in [1.82, 2.24) is 15.1 Å². The summed E-state index contributed by atoms with van der Waals surface area (Å²) in [6.45, 7) is 1.56. The first-order chi connectivity index (χ1) is 12.5. The summed E-state index contributed by atoms with van der Waals surface area (Å²) in [5.41, 5.74) is 7.22. The predicted molar refractivity (Wildman–Crippen MR) is 99.1 cm³/mol. The number of piperidine rings is 1. The number of fused-ring (bicyclic) bond motifs is 1. The van der Waals surface area contributed by atoms with Gasteiger partial charge in [0.15, 0.2) is 0 Å². The molecule has 0 saturated carbocycles. The standard InChI is InChI=1S/C19H18BFN4O/c20-19(7-2-8-23-11-19)13-5-6-16(15(21)9-13)25-10-12-3-1-4-14(18(22)26)17(12)24-25/h1,3-6,9-10,23H,2,7-8,11H2,(H2,22,26)/t19-/m0/s1. The van der Waals surface area contributed by atoms with Gasteiger partial charge in [-0.25, -0.2) is 9.07 Å². The maximum Gasteiger partial charge on any atom is 0.250 e. The van der Waals surface area contributed by atoms with Crippen LogP contribution in [-0.2, 0) is 5.31 Å². The molecule has 5 nitrogen and oxygen atoms in total. The molecule has 7 heteroatoms. The molecular formula is C19H18BFN4O. The topological polar surface area (TPSA) is 72.9 Å². The van der Waals surface area contributed by atoms with Crippen LogP contribution in [0.15, 0.2) is 42.6 Å². The number of nitrogens with zero attached hydrogens (tertiary/aromatic N) is 2. The van der Waals surface area contributed by atoms with Gasteiger partial charge in [-0.3, -0.25) is 4.79 Å². The third kappa shape index (κ3) is 2.78. The molecule has 1 aliphatic rings. The Bertz CT molecular complexity index is 994. The summed E-state index contributed by atoms with van der Waals surface area (Å²) in [6, 6.07) is 10.1. The van der Waals surface area contributed by atoms with Crippen molar-refractivity contribution in [2.75, 3.05) is 13.1 Å². The second-order valence-electron chi connectivity index (χ2n) is 6.78. The van der Waals surface area contributed by atoms with E-state index in [2.05, 4.69) is 10.4 Å². The lowest BCUT2D eigenvalue weighted by Crippen LogP contribution is -2.43. The van der Waals surface area contributed by atoms with Crippen molar-refractivity contribution in [1.29, 1.82) is 0 Å². The number of halogens is 1. The number of aromatic nitrogens is 2. The van der Waals surface area contributed by atoms with Crippen molar-refractivity contribution >= 4 is 24.7 Å². The summed E-state index contributed by atoms with van der Waals surface area (Å²) in [7, 11) is 6.45. The van der Waals surface area contributed by atoms with Crippen LogP contribution in [0.5, 0.6) is 0 Å². The van der Waals surface area contributed by atoms with Gasteiger partial charge in [-0.05, 0) is 55.0 Å². The van der Waals surface area contributed by atoms with Crippen LogP contribution in [0.2, 0.25) is 0 Å². The zero-order valence-corrected chi connectivity index (χ0v) is 14.2. The molecule has 3 aromatic rings. The number of hydrogen-bond donors (Lipinski definition) is 2. The van der Waals surface area contributed by atoms with Gasteiger partial charge in [-0.2, -0.15) is 5.10 Å². The summed E-state index contributed by atoms with van der Waals surface area (Å²) < 4.78 is 16.2. The van der Waals surface area contributed by atoms with Crippen molar-refractivity contribution in [3.63, 3.8) is 0 Å². The lowest BCUT2D eigenvalue weighted by molar-refractivity contribution is 0.100. The number of amides is 1. The van der Waals surface area contributed by atoms with Gasteiger partial charge in [0.25, 0.3) is 5.91 Å². The van der Waals surface area contributed by atoms with Crippen molar-refractivity contribution in [3.8, 4) is 5.69 Å². The average molecular weight is 348 g/mol. The Morgan fingerprint density at radius 1 is 1.35 bits per heavy atom. The van der Waals surface area contributed by atoms with Crippen LogP contribution in [0.25, 0.3) is 16.6 Å². The van der Waals surface area contributed by atoms with Crippen LogP contribution in [-0.4, -0.2) is 36.6 Å². The van der Waals surface area contributed by atoms with E-state index in [-0.39, 0.29) is 0 Å². The smallest absolute Gasteiger partial charge is 0.250 e. The molecule has 1 saturated heterocycles. The third-order valence-electron chi connectivity index (χ3n) is 4.99. The Balaban J connectivity index is 1.76. The van der Waals surface area contributed by atoms with Crippen molar-refractivity contribution < 1.29 is 9.18 Å². The molecule has 130 valence electrons. The zero-order valence-electron chi connectivity index (χ0n) is 14.2. The maximum atomic E-state index is 14.8. The van der Waals surface area contributed by atoms with Crippen LogP contribution in [0.1, 0.15) is 28.8 Å². The van der Waals surface area contributed by atoms with Crippen molar-refractivity contribution in [2.45, 2.75) is 18.2 Å². The van der Waals surface area contributed by atoms with E-state index in [1.165, 1.54) is 10.7 Å². The minimum absolute atomic E-state index is 0.299. The van der Waals surface area contributed by atoms with Crippen LogP contribution in [0.4, 0.5) is 4.39 Å².